The SMILES string of the molecule is CCc1sc2c(c1C)C(c1ccc(Cl)cc1)=NC(CC(=O)NC1CCC(NC)CC1)C(=N)N2C(C)=N. The van der Waals surface area contributed by atoms with Crippen molar-refractivity contribution in [2.24, 2.45) is 4.99 Å². The van der Waals surface area contributed by atoms with Gasteiger partial charge in [0, 0.05) is 33.1 Å². The summed E-state index contributed by atoms with van der Waals surface area (Å²) in [6.45, 7) is 5.88. The number of amides is 1. The van der Waals surface area contributed by atoms with Gasteiger partial charge in [0.25, 0.3) is 0 Å². The number of carbonyl (C=O) groups excluding carboxylic acids is 1. The zero-order valence-corrected chi connectivity index (χ0v) is 22.9. The first-order chi connectivity index (χ1) is 17.2. The number of carbonyl (C=O) groups is 1. The van der Waals surface area contributed by atoms with Crippen molar-refractivity contribution < 1.29 is 4.79 Å². The number of amidine groups is 2. The minimum atomic E-state index is -0.700. The molecule has 192 valence electrons. The molecule has 0 spiro atoms. The van der Waals surface area contributed by atoms with Crippen LogP contribution >= 0.6 is 22.9 Å². The van der Waals surface area contributed by atoms with Crippen molar-refractivity contribution in [3.8, 4) is 0 Å². The number of aliphatic imine (C=N–C) groups is 1. The lowest BCUT2D eigenvalue weighted by Gasteiger charge is -2.29. The first kappa shape index (κ1) is 26.5. The van der Waals surface area contributed by atoms with Crippen LogP contribution in [-0.2, 0) is 11.2 Å². The lowest BCUT2D eigenvalue weighted by Crippen LogP contribution is -2.45. The van der Waals surface area contributed by atoms with Gasteiger partial charge in [-0.1, -0.05) is 30.7 Å². The second-order valence-corrected chi connectivity index (χ2v) is 11.1. The minimum Gasteiger partial charge on any atom is -0.353 e. The second-order valence-electron chi connectivity index (χ2n) is 9.60. The quantitative estimate of drug-likeness (QED) is 0.303. The van der Waals surface area contributed by atoms with Crippen LogP contribution in [0.4, 0.5) is 5.00 Å². The van der Waals surface area contributed by atoms with E-state index in [2.05, 4.69) is 24.5 Å². The van der Waals surface area contributed by atoms with Crippen molar-refractivity contribution in [2.45, 2.75) is 77.4 Å². The van der Waals surface area contributed by atoms with E-state index in [-0.39, 0.29) is 30.0 Å². The van der Waals surface area contributed by atoms with Crippen LogP contribution in [0.25, 0.3) is 0 Å². The summed E-state index contributed by atoms with van der Waals surface area (Å²) < 4.78 is 0. The summed E-state index contributed by atoms with van der Waals surface area (Å²) in [6, 6.07) is 7.50. The fourth-order valence-electron chi connectivity index (χ4n) is 5.15. The van der Waals surface area contributed by atoms with E-state index in [1.807, 2.05) is 31.3 Å². The maximum atomic E-state index is 13.2. The van der Waals surface area contributed by atoms with Gasteiger partial charge < -0.3 is 10.6 Å². The van der Waals surface area contributed by atoms with E-state index in [1.54, 1.807) is 23.2 Å². The number of thiophene rings is 1. The predicted octanol–water partition coefficient (Wildman–Crippen LogP) is 5.31. The molecule has 1 aliphatic heterocycles. The number of benzene rings is 1. The first-order valence-electron chi connectivity index (χ1n) is 12.6. The third-order valence-electron chi connectivity index (χ3n) is 7.16. The van der Waals surface area contributed by atoms with Gasteiger partial charge in [0.1, 0.15) is 22.7 Å². The molecule has 36 heavy (non-hydrogen) atoms. The Morgan fingerprint density at radius 1 is 1.19 bits per heavy atom. The maximum absolute atomic E-state index is 13.2. The summed E-state index contributed by atoms with van der Waals surface area (Å²) in [5.41, 5.74) is 3.67. The second kappa shape index (κ2) is 11.2. The van der Waals surface area contributed by atoms with E-state index >= 15 is 0 Å². The molecule has 1 saturated carbocycles. The van der Waals surface area contributed by atoms with Crippen LogP contribution in [0, 0.1) is 17.7 Å². The van der Waals surface area contributed by atoms with Gasteiger partial charge in [-0.25, -0.2) is 0 Å². The minimum absolute atomic E-state index is 0.0697. The van der Waals surface area contributed by atoms with E-state index in [4.69, 9.17) is 27.4 Å². The number of hydrogen-bond acceptors (Lipinski definition) is 6. The maximum Gasteiger partial charge on any atom is 0.222 e. The van der Waals surface area contributed by atoms with Crippen LogP contribution in [-0.4, -0.2) is 48.5 Å². The van der Waals surface area contributed by atoms with Gasteiger partial charge in [-0.3, -0.25) is 25.5 Å². The van der Waals surface area contributed by atoms with Crippen LogP contribution in [0.5, 0.6) is 0 Å². The Morgan fingerprint density at radius 3 is 2.42 bits per heavy atom. The molecule has 1 atom stereocenters. The summed E-state index contributed by atoms with van der Waals surface area (Å²) in [5, 5.41) is 25.5. The van der Waals surface area contributed by atoms with Crippen molar-refractivity contribution in [2.75, 3.05) is 11.9 Å². The zero-order chi connectivity index (χ0) is 26.0. The van der Waals surface area contributed by atoms with Crippen molar-refractivity contribution in [1.82, 2.24) is 10.6 Å². The fraction of sp³-hybridized carbons (Fsp3) is 0.481. The lowest BCUT2D eigenvalue weighted by atomic mass is 9.91. The summed E-state index contributed by atoms with van der Waals surface area (Å²) in [5.74, 6) is 0.301. The van der Waals surface area contributed by atoms with Crippen LogP contribution < -0.4 is 15.5 Å². The smallest absolute Gasteiger partial charge is 0.222 e. The van der Waals surface area contributed by atoms with E-state index in [1.165, 1.54) is 4.88 Å². The average molecular weight is 527 g/mol. The van der Waals surface area contributed by atoms with Gasteiger partial charge in [-0.2, -0.15) is 0 Å². The van der Waals surface area contributed by atoms with Crippen LogP contribution in [0.15, 0.2) is 29.3 Å². The number of halogens is 1. The van der Waals surface area contributed by atoms with E-state index in [0.717, 1.165) is 59.5 Å². The summed E-state index contributed by atoms with van der Waals surface area (Å²) in [6.07, 6.45) is 4.90. The van der Waals surface area contributed by atoms with Gasteiger partial charge in [0.2, 0.25) is 5.91 Å². The number of anilines is 1. The van der Waals surface area contributed by atoms with Crippen LogP contribution in [0.2, 0.25) is 5.02 Å². The summed E-state index contributed by atoms with van der Waals surface area (Å²) in [4.78, 5) is 21.1. The Bertz CT molecular complexity index is 1180. The van der Waals surface area contributed by atoms with E-state index < -0.39 is 6.04 Å². The number of fused-ring (bicyclic) bond motifs is 1. The van der Waals surface area contributed by atoms with Crippen molar-refractivity contribution in [1.29, 1.82) is 10.8 Å². The molecule has 2 heterocycles. The van der Waals surface area contributed by atoms with Crippen LogP contribution in [0.1, 0.15) is 67.5 Å². The molecule has 1 fully saturated rings. The average Bonchev–Trinajstić information content (AvgIpc) is 3.11. The molecule has 9 heteroatoms. The highest BCUT2D eigenvalue weighted by Gasteiger charge is 2.35. The molecule has 4 N–H and O–H groups in total. The van der Waals surface area contributed by atoms with Gasteiger partial charge in [0.15, 0.2) is 0 Å². The predicted molar refractivity (Wildman–Crippen MR) is 151 cm³/mol. The normalized spacial score (nSPS) is 22.0. The van der Waals surface area contributed by atoms with E-state index in [9.17, 15) is 4.79 Å². The molecule has 0 bridgehead atoms. The fourth-order valence-corrected chi connectivity index (χ4v) is 6.59. The van der Waals surface area contributed by atoms with Gasteiger partial charge >= 0.3 is 0 Å². The molecular formula is C27H35ClN6OS. The van der Waals surface area contributed by atoms with E-state index in [0.29, 0.717) is 11.1 Å². The molecule has 2 aromatic rings. The number of rotatable bonds is 6. The molecule has 1 unspecified atom stereocenters. The van der Waals surface area contributed by atoms with Crippen molar-refractivity contribution in [3.63, 3.8) is 0 Å². The molecule has 1 amide bonds. The van der Waals surface area contributed by atoms with Gasteiger partial charge in [-0.05, 0) is 70.7 Å². The third-order valence-corrected chi connectivity index (χ3v) is 8.84. The Balaban J connectivity index is 1.71. The molecule has 1 aliphatic carbocycles. The van der Waals surface area contributed by atoms with Crippen molar-refractivity contribution >= 4 is 51.2 Å². The molecular weight excluding hydrogens is 492 g/mol. The summed E-state index contributed by atoms with van der Waals surface area (Å²) in [7, 11) is 1.98. The highest BCUT2D eigenvalue weighted by molar-refractivity contribution is 7.17. The third kappa shape index (κ3) is 5.41. The molecule has 1 aromatic carbocycles. The summed E-state index contributed by atoms with van der Waals surface area (Å²) >= 11 is 7.77. The Labute approximate surface area is 222 Å². The standard InChI is InChI=1S/C27H35ClN6OS/c1-5-22-15(2)24-25(17-6-8-18(28)9-7-17)33-21(26(30)34(16(3)29)27(24)36-22)14-23(35)32-20-12-10-19(31-4)11-13-20/h6-9,19-21,29-31H,5,10-14H2,1-4H3,(H,32,35). The molecule has 4 rings (SSSR count). The Hall–Kier alpha value is -2.55. The largest absolute Gasteiger partial charge is 0.353 e. The molecule has 0 saturated heterocycles. The Morgan fingerprint density at radius 2 is 1.83 bits per heavy atom. The number of hydrogen-bond donors (Lipinski definition) is 4. The lowest BCUT2D eigenvalue weighted by molar-refractivity contribution is -0.122. The highest BCUT2D eigenvalue weighted by Crippen LogP contribution is 2.40. The Kier molecular flexibility index (Phi) is 8.27. The molecule has 0 radical (unpaired) electrons. The highest BCUT2D eigenvalue weighted by atomic mass is 35.5. The number of nitrogens with one attached hydrogen (secondary N) is 4. The zero-order valence-electron chi connectivity index (χ0n) is 21.4. The topological polar surface area (TPSA) is 104 Å². The van der Waals surface area contributed by atoms with Gasteiger partial charge in [-0.15, -0.1) is 11.3 Å². The molecule has 2 aliphatic rings. The molecule has 7 nitrogen and oxygen atoms in total. The number of nitrogens with zero attached hydrogens (tertiary/aromatic N) is 2. The van der Waals surface area contributed by atoms with Gasteiger partial charge in [0.05, 0.1) is 12.1 Å². The number of aryl methyl sites for hydroxylation is 1. The first-order valence-corrected chi connectivity index (χ1v) is 13.8. The monoisotopic (exact) mass is 526 g/mol. The van der Waals surface area contributed by atoms with Crippen LogP contribution in [0.3, 0.4) is 0 Å². The van der Waals surface area contributed by atoms with Crippen molar-refractivity contribution in [3.05, 3.63) is 50.9 Å². The molecule has 1 aromatic heterocycles.